The highest BCUT2D eigenvalue weighted by Gasteiger charge is 2.52. The Kier molecular flexibility index (Phi) is 3.29. The molecule has 0 aromatic heterocycles. The fourth-order valence-corrected chi connectivity index (χ4v) is 2.70. The SMILES string of the molecule is CCC(C(=O)O)C1(c2ccccc2)Oc2ccccc2O1. The number of carbonyl (C=O) groups is 1. The monoisotopic (exact) mass is 284 g/mol. The van der Waals surface area contributed by atoms with Crippen molar-refractivity contribution in [2.75, 3.05) is 0 Å². The molecular weight excluding hydrogens is 268 g/mol. The van der Waals surface area contributed by atoms with Crippen LogP contribution in [0.2, 0.25) is 0 Å². The maximum Gasteiger partial charge on any atom is 0.314 e. The zero-order valence-electron chi connectivity index (χ0n) is 11.7. The molecule has 2 aromatic rings. The van der Waals surface area contributed by atoms with Crippen LogP contribution >= 0.6 is 0 Å². The predicted molar refractivity (Wildman–Crippen MR) is 77.2 cm³/mol. The largest absolute Gasteiger partial charge is 0.481 e. The van der Waals surface area contributed by atoms with E-state index < -0.39 is 17.7 Å². The standard InChI is InChI=1S/C17H16O4/c1-2-13(16(18)19)17(12-8-4-3-5-9-12)20-14-10-6-7-11-15(14)21-17/h3-11,13H,2H2,1H3,(H,18,19). The van der Waals surface area contributed by atoms with Crippen molar-refractivity contribution in [2.24, 2.45) is 5.92 Å². The zero-order chi connectivity index (χ0) is 14.9. The summed E-state index contributed by atoms with van der Waals surface area (Å²) in [6, 6.07) is 16.5. The molecule has 2 aromatic carbocycles. The van der Waals surface area contributed by atoms with Gasteiger partial charge in [-0.3, -0.25) is 4.79 Å². The Morgan fingerprint density at radius 3 is 2.05 bits per heavy atom. The number of hydrogen-bond donors (Lipinski definition) is 1. The maximum atomic E-state index is 11.7. The minimum absolute atomic E-state index is 0.401. The molecule has 108 valence electrons. The molecule has 0 radical (unpaired) electrons. The van der Waals surface area contributed by atoms with Gasteiger partial charge in [0, 0.05) is 5.56 Å². The van der Waals surface area contributed by atoms with Crippen LogP contribution in [0.1, 0.15) is 18.9 Å². The van der Waals surface area contributed by atoms with Gasteiger partial charge in [-0.25, -0.2) is 0 Å². The smallest absolute Gasteiger partial charge is 0.314 e. The molecule has 21 heavy (non-hydrogen) atoms. The first kappa shape index (κ1) is 13.5. The van der Waals surface area contributed by atoms with Gasteiger partial charge in [-0.2, -0.15) is 0 Å². The van der Waals surface area contributed by atoms with E-state index >= 15 is 0 Å². The third-order valence-corrected chi connectivity index (χ3v) is 3.71. The normalized spacial score (nSPS) is 16.4. The molecule has 0 saturated carbocycles. The van der Waals surface area contributed by atoms with Gasteiger partial charge >= 0.3 is 5.97 Å². The van der Waals surface area contributed by atoms with Crippen molar-refractivity contribution in [1.29, 1.82) is 0 Å². The first-order chi connectivity index (χ1) is 10.2. The van der Waals surface area contributed by atoms with Crippen LogP contribution in [0.5, 0.6) is 11.5 Å². The van der Waals surface area contributed by atoms with Gasteiger partial charge in [0.2, 0.25) is 0 Å². The van der Waals surface area contributed by atoms with E-state index in [-0.39, 0.29) is 0 Å². The van der Waals surface area contributed by atoms with E-state index in [0.717, 1.165) is 0 Å². The highest BCUT2D eigenvalue weighted by atomic mass is 16.7. The second-order valence-electron chi connectivity index (χ2n) is 4.98. The van der Waals surface area contributed by atoms with Gasteiger partial charge in [-0.1, -0.05) is 49.4 Å². The molecule has 3 rings (SSSR count). The molecule has 0 saturated heterocycles. The number of fused-ring (bicyclic) bond motifs is 1. The molecule has 1 aliphatic heterocycles. The van der Waals surface area contributed by atoms with Crippen molar-refractivity contribution >= 4 is 5.97 Å². The van der Waals surface area contributed by atoms with Crippen molar-refractivity contribution < 1.29 is 19.4 Å². The van der Waals surface area contributed by atoms with Crippen LogP contribution in [0.3, 0.4) is 0 Å². The summed E-state index contributed by atoms with van der Waals surface area (Å²) >= 11 is 0. The molecule has 4 nitrogen and oxygen atoms in total. The predicted octanol–water partition coefficient (Wildman–Crippen LogP) is 3.42. The molecule has 0 bridgehead atoms. The molecule has 0 aliphatic carbocycles. The summed E-state index contributed by atoms with van der Waals surface area (Å²) in [5.74, 6) is -1.91. The Hall–Kier alpha value is -2.49. The Morgan fingerprint density at radius 2 is 1.57 bits per heavy atom. The first-order valence-corrected chi connectivity index (χ1v) is 6.92. The summed E-state index contributed by atoms with van der Waals surface area (Å²) in [6.07, 6.45) is 0.401. The molecule has 1 aliphatic rings. The van der Waals surface area contributed by atoms with E-state index in [1.165, 1.54) is 0 Å². The van der Waals surface area contributed by atoms with E-state index in [2.05, 4.69) is 0 Å². The Morgan fingerprint density at radius 1 is 1.05 bits per heavy atom. The molecule has 0 spiro atoms. The second kappa shape index (κ2) is 5.13. The number of hydrogen-bond acceptors (Lipinski definition) is 3. The van der Waals surface area contributed by atoms with Crippen LogP contribution in [-0.4, -0.2) is 11.1 Å². The average Bonchev–Trinajstić information content (AvgIpc) is 2.88. The van der Waals surface area contributed by atoms with Gasteiger partial charge in [-0.15, -0.1) is 0 Å². The molecule has 1 N–H and O–H groups in total. The van der Waals surface area contributed by atoms with Crippen LogP contribution in [0.4, 0.5) is 0 Å². The molecule has 4 heteroatoms. The van der Waals surface area contributed by atoms with Crippen molar-refractivity contribution in [2.45, 2.75) is 19.1 Å². The maximum absolute atomic E-state index is 11.7. The Balaban J connectivity index is 2.12. The van der Waals surface area contributed by atoms with Gasteiger partial charge in [-0.05, 0) is 18.6 Å². The van der Waals surface area contributed by atoms with Crippen molar-refractivity contribution in [3.8, 4) is 11.5 Å². The molecule has 1 unspecified atom stereocenters. The topological polar surface area (TPSA) is 55.8 Å². The third-order valence-electron chi connectivity index (χ3n) is 3.71. The number of para-hydroxylation sites is 2. The van der Waals surface area contributed by atoms with Crippen LogP contribution in [0, 0.1) is 5.92 Å². The van der Waals surface area contributed by atoms with E-state index in [1.54, 1.807) is 12.1 Å². The number of ether oxygens (including phenoxy) is 2. The quantitative estimate of drug-likeness (QED) is 0.934. The number of aliphatic carboxylic acids is 1. The van der Waals surface area contributed by atoms with Crippen molar-refractivity contribution in [3.63, 3.8) is 0 Å². The molecule has 0 amide bonds. The van der Waals surface area contributed by atoms with Gasteiger partial charge in [0.05, 0.1) is 0 Å². The molecule has 1 atom stereocenters. The van der Waals surface area contributed by atoms with Crippen LogP contribution in [0.15, 0.2) is 54.6 Å². The summed E-state index contributed by atoms with van der Waals surface area (Å²) < 4.78 is 12.0. The van der Waals surface area contributed by atoms with Gasteiger partial charge in [0.25, 0.3) is 5.79 Å². The second-order valence-corrected chi connectivity index (χ2v) is 4.98. The highest BCUT2D eigenvalue weighted by Crippen LogP contribution is 2.48. The average molecular weight is 284 g/mol. The van der Waals surface area contributed by atoms with Crippen LogP contribution in [-0.2, 0) is 10.6 Å². The molecule has 0 fully saturated rings. The fraction of sp³-hybridized carbons (Fsp3) is 0.235. The van der Waals surface area contributed by atoms with Crippen molar-refractivity contribution in [3.05, 3.63) is 60.2 Å². The number of carboxylic acid groups (broad SMARTS) is 1. The van der Waals surface area contributed by atoms with E-state index in [9.17, 15) is 9.90 Å². The lowest BCUT2D eigenvalue weighted by Gasteiger charge is -2.33. The fourth-order valence-electron chi connectivity index (χ4n) is 2.70. The highest BCUT2D eigenvalue weighted by molar-refractivity contribution is 5.72. The first-order valence-electron chi connectivity index (χ1n) is 6.92. The van der Waals surface area contributed by atoms with Crippen molar-refractivity contribution in [1.82, 2.24) is 0 Å². The van der Waals surface area contributed by atoms with E-state index in [1.807, 2.05) is 49.4 Å². The molecular formula is C17H16O4. The number of carboxylic acids is 1. The Bertz CT molecular complexity index is 626. The lowest BCUT2D eigenvalue weighted by Crippen LogP contribution is -2.46. The van der Waals surface area contributed by atoms with Gasteiger partial charge < -0.3 is 14.6 Å². The number of rotatable bonds is 4. The number of benzene rings is 2. The third kappa shape index (κ3) is 2.13. The lowest BCUT2D eigenvalue weighted by molar-refractivity contribution is -0.175. The summed E-state index contributed by atoms with van der Waals surface area (Å²) in [4.78, 5) is 11.7. The van der Waals surface area contributed by atoms with E-state index in [4.69, 9.17) is 9.47 Å². The lowest BCUT2D eigenvalue weighted by atomic mass is 9.89. The zero-order valence-corrected chi connectivity index (χ0v) is 11.7. The Labute approximate surface area is 122 Å². The van der Waals surface area contributed by atoms with Crippen LogP contribution in [0.25, 0.3) is 0 Å². The van der Waals surface area contributed by atoms with Crippen LogP contribution < -0.4 is 9.47 Å². The summed E-state index contributed by atoms with van der Waals surface area (Å²) in [5.41, 5.74) is 0.704. The summed E-state index contributed by atoms with van der Waals surface area (Å²) in [7, 11) is 0. The summed E-state index contributed by atoms with van der Waals surface area (Å²) in [6.45, 7) is 1.82. The summed E-state index contributed by atoms with van der Waals surface area (Å²) in [5, 5.41) is 9.58. The van der Waals surface area contributed by atoms with E-state index in [0.29, 0.717) is 23.5 Å². The van der Waals surface area contributed by atoms with Gasteiger partial charge in [0.15, 0.2) is 11.5 Å². The van der Waals surface area contributed by atoms with Gasteiger partial charge in [0.1, 0.15) is 5.92 Å². The molecule has 1 heterocycles. The minimum atomic E-state index is -1.31. The minimum Gasteiger partial charge on any atom is -0.481 e.